The van der Waals surface area contributed by atoms with Crippen LogP contribution in [0, 0.1) is 6.92 Å². The van der Waals surface area contributed by atoms with E-state index in [4.69, 9.17) is 4.74 Å². The summed E-state index contributed by atoms with van der Waals surface area (Å²) in [5.74, 6) is 0.685. The zero-order valence-electron chi connectivity index (χ0n) is 15.4. The van der Waals surface area contributed by atoms with Gasteiger partial charge >= 0.3 is 0 Å². The number of rotatable bonds is 0. The van der Waals surface area contributed by atoms with Crippen molar-refractivity contribution >= 4 is 21.8 Å². The lowest BCUT2D eigenvalue weighted by molar-refractivity contribution is 0.246. The van der Waals surface area contributed by atoms with Crippen molar-refractivity contribution in [2.45, 2.75) is 45.6 Å². The molecule has 2 aromatic heterocycles. The lowest BCUT2D eigenvalue weighted by Crippen LogP contribution is -2.32. The summed E-state index contributed by atoms with van der Waals surface area (Å²) in [5.41, 5.74) is 4.81. The first-order valence-electron chi connectivity index (χ1n) is 9.35. The third-order valence-electron chi connectivity index (χ3n) is 6.07. The lowest BCUT2D eigenvalue weighted by Gasteiger charge is -2.29. The van der Waals surface area contributed by atoms with Crippen molar-refractivity contribution < 1.29 is 4.74 Å². The predicted octanol–water partition coefficient (Wildman–Crippen LogP) is 2.99. The molecule has 1 atom stereocenters. The van der Waals surface area contributed by atoms with Crippen molar-refractivity contribution in [3.63, 3.8) is 0 Å². The van der Waals surface area contributed by atoms with Crippen molar-refractivity contribution in [3.05, 3.63) is 49.5 Å². The zero-order valence-corrected chi connectivity index (χ0v) is 15.4. The Morgan fingerprint density at radius 3 is 2.54 bits per heavy atom. The number of hydrogen-bond donors (Lipinski definition) is 0. The molecule has 5 nitrogen and oxygen atoms in total. The van der Waals surface area contributed by atoms with Crippen LogP contribution in [0.2, 0.25) is 0 Å². The number of ether oxygens (including phenoxy) is 1. The second-order valence-electron chi connectivity index (χ2n) is 7.72. The molecule has 0 N–H and O–H groups in total. The maximum Gasteiger partial charge on any atom is 0.254 e. The van der Waals surface area contributed by atoms with Crippen LogP contribution in [-0.4, -0.2) is 15.7 Å². The van der Waals surface area contributed by atoms with Crippen LogP contribution in [0.4, 0.5) is 0 Å². The van der Waals surface area contributed by atoms with Crippen LogP contribution < -0.4 is 15.9 Å². The third kappa shape index (κ3) is 1.86. The molecule has 1 unspecified atom stereocenters. The van der Waals surface area contributed by atoms with E-state index >= 15 is 0 Å². The molecule has 0 radical (unpaired) electrons. The second-order valence-corrected chi connectivity index (χ2v) is 7.72. The summed E-state index contributed by atoms with van der Waals surface area (Å²) in [6, 6.07) is 3.86. The molecule has 1 aromatic carbocycles. The molecule has 3 aromatic rings. The number of nitrogens with zero attached hydrogens (tertiary/aromatic N) is 2. The average Bonchev–Trinajstić information content (AvgIpc) is 2.63. The van der Waals surface area contributed by atoms with Crippen molar-refractivity contribution in [2.24, 2.45) is 7.05 Å². The predicted molar refractivity (Wildman–Crippen MR) is 103 cm³/mol. The number of benzene rings is 1. The van der Waals surface area contributed by atoms with Crippen LogP contribution in [-0.2, 0) is 19.9 Å². The topological polar surface area (TPSA) is 53.2 Å². The molecule has 0 bridgehead atoms. The molecule has 134 valence electrons. The van der Waals surface area contributed by atoms with Crippen molar-refractivity contribution in [1.29, 1.82) is 0 Å². The highest BCUT2D eigenvalue weighted by atomic mass is 16.5. The fourth-order valence-electron chi connectivity index (χ4n) is 4.78. The standard InChI is InChI=1S/C21H22N2O3/c1-11-8-17(24)23-12(2)10-26-20-18-16(9-15(11)19(20)23)13-6-4-5-7-14(13)21(25)22(18)3/h8-9,12H,4-7,10H2,1-3H3. The van der Waals surface area contributed by atoms with Gasteiger partial charge in [0.25, 0.3) is 11.1 Å². The first-order valence-corrected chi connectivity index (χ1v) is 9.35. The SMILES string of the molecule is Cc1cc(=O)n2c3c(c4c(cc13)c1c(c(=O)n4C)CCCC1)OCC2C. The molecule has 5 rings (SSSR count). The minimum atomic E-state index is -0.0230. The Labute approximate surface area is 150 Å². The molecular weight excluding hydrogens is 328 g/mol. The number of aryl methyl sites for hydroxylation is 3. The van der Waals surface area contributed by atoms with Crippen LogP contribution in [0.25, 0.3) is 21.8 Å². The van der Waals surface area contributed by atoms with Crippen molar-refractivity contribution in [1.82, 2.24) is 9.13 Å². The van der Waals surface area contributed by atoms with E-state index in [-0.39, 0.29) is 17.2 Å². The zero-order chi connectivity index (χ0) is 18.2. The van der Waals surface area contributed by atoms with Crippen molar-refractivity contribution in [3.8, 4) is 5.75 Å². The van der Waals surface area contributed by atoms with Gasteiger partial charge < -0.3 is 9.30 Å². The number of pyridine rings is 2. The second kappa shape index (κ2) is 5.22. The monoisotopic (exact) mass is 350 g/mol. The van der Waals surface area contributed by atoms with Crippen LogP contribution in [0.15, 0.2) is 21.7 Å². The Morgan fingerprint density at radius 1 is 1.04 bits per heavy atom. The first-order chi connectivity index (χ1) is 12.5. The Hall–Kier alpha value is -2.56. The highest BCUT2D eigenvalue weighted by molar-refractivity contribution is 6.05. The Kier molecular flexibility index (Phi) is 3.15. The van der Waals surface area contributed by atoms with E-state index in [1.54, 1.807) is 10.6 Å². The third-order valence-corrected chi connectivity index (χ3v) is 6.07. The average molecular weight is 350 g/mol. The van der Waals surface area contributed by atoms with Crippen LogP contribution >= 0.6 is 0 Å². The van der Waals surface area contributed by atoms with Gasteiger partial charge in [-0.05, 0) is 56.7 Å². The summed E-state index contributed by atoms with van der Waals surface area (Å²) in [6.07, 6.45) is 3.96. The molecule has 0 fully saturated rings. The van der Waals surface area contributed by atoms with Gasteiger partial charge in [-0.2, -0.15) is 0 Å². The van der Waals surface area contributed by atoms with Crippen LogP contribution in [0.3, 0.4) is 0 Å². The van der Waals surface area contributed by atoms with E-state index in [2.05, 4.69) is 6.07 Å². The van der Waals surface area contributed by atoms with Gasteiger partial charge in [-0.15, -0.1) is 0 Å². The molecule has 1 aliphatic heterocycles. The minimum Gasteiger partial charge on any atom is -0.487 e. The van der Waals surface area contributed by atoms with E-state index in [1.165, 1.54) is 5.56 Å². The van der Waals surface area contributed by atoms with Gasteiger partial charge in [0.2, 0.25) is 0 Å². The molecule has 0 spiro atoms. The maximum absolute atomic E-state index is 13.0. The van der Waals surface area contributed by atoms with Gasteiger partial charge in [-0.1, -0.05) is 0 Å². The molecule has 1 aliphatic carbocycles. The summed E-state index contributed by atoms with van der Waals surface area (Å²) in [6.45, 7) is 4.41. The molecule has 26 heavy (non-hydrogen) atoms. The molecule has 3 heterocycles. The summed E-state index contributed by atoms with van der Waals surface area (Å²) in [7, 11) is 1.82. The van der Waals surface area contributed by atoms with E-state index in [9.17, 15) is 9.59 Å². The first kappa shape index (κ1) is 15.7. The molecule has 0 saturated heterocycles. The highest BCUT2D eigenvalue weighted by Crippen LogP contribution is 2.41. The van der Waals surface area contributed by atoms with Gasteiger partial charge in [-0.25, -0.2) is 0 Å². The Balaban J connectivity index is 2.09. The summed E-state index contributed by atoms with van der Waals surface area (Å²) in [5, 5.41) is 2.15. The normalized spacial score (nSPS) is 18.8. The van der Waals surface area contributed by atoms with E-state index in [0.29, 0.717) is 12.4 Å². The lowest BCUT2D eigenvalue weighted by atomic mass is 9.88. The summed E-state index contributed by atoms with van der Waals surface area (Å²) >= 11 is 0. The van der Waals surface area contributed by atoms with E-state index in [0.717, 1.165) is 58.6 Å². The van der Waals surface area contributed by atoms with Gasteiger partial charge in [-0.3, -0.25) is 14.2 Å². The molecule has 0 amide bonds. The Morgan fingerprint density at radius 2 is 1.77 bits per heavy atom. The number of fused-ring (bicyclic) bond motifs is 4. The smallest absolute Gasteiger partial charge is 0.254 e. The largest absolute Gasteiger partial charge is 0.487 e. The molecule has 5 heteroatoms. The quantitative estimate of drug-likeness (QED) is 0.586. The Bertz CT molecular complexity index is 1220. The van der Waals surface area contributed by atoms with Crippen LogP contribution in [0.5, 0.6) is 5.75 Å². The summed E-state index contributed by atoms with van der Waals surface area (Å²) < 4.78 is 9.69. The number of aromatic nitrogens is 2. The van der Waals surface area contributed by atoms with Gasteiger partial charge in [0, 0.05) is 29.4 Å². The number of hydrogen-bond acceptors (Lipinski definition) is 3. The molecule has 0 saturated carbocycles. The maximum atomic E-state index is 13.0. The van der Waals surface area contributed by atoms with Gasteiger partial charge in [0.15, 0.2) is 5.75 Å². The molecular formula is C21H22N2O3. The minimum absolute atomic E-state index is 0.00522. The highest BCUT2D eigenvalue weighted by Gasteiger charge is 2.28. The molecule has 2 aliphatic rings. The summed E-state index contributed by atoms with van der Waals surface area (Å²) in [4.78, 5) is 25.6. The van der Waals surface area contributed by atoms with Crippen LogP contribution in [0.1, 0.15) is 42.5 Å². The fraction of sp³-hybridized carbons (Fsp3) is 0.429. The van der Waals surface area contributed by atoms with Crippen molar-refractivity contribution in [2.75, 3.05) is 6.61 Å². The van der Waals surface area contributed by atoms with Gasteiger partial charge in [0.1, 0.15) is 6.61 Å². The van der Waals surface area contributed by atoms with E-state index in [1.807, 2.05) is 25.5 Å². The van der Waals surface area contributed by atoms with E-state index < -0.39 is 0 Å². The fourth-order valence-corrected chi connectivity index (χ4v) is 4.78. The van der Waals surface area contributed by atoms with Gasteiger partial charge in [0.05, 0.1) is 17.1 Å².